The number of hydrogen-bond acceptors (Lipinski definition) is 4. The zero-order chi connectivity index (χ0) is 17.6. The molecule has 0 unspecified atom stereocenters. The maximum Gasteiger partial charge on any atom is 0.275 e. The molecule has 1 aromatic carbocycles. The van der Waals surface area contributed by atoms with Gasteiger partial charge in [-0.15, -0.1) is 0 Å². The molecular formula is C18H18N4O3. The number of benzene rings is 1. The zero-order valence-corrected chi connectivity index (χ0v) is 13.7. The molecule has 2 amide bonds. The van der Waals surface area contributed by atoms with Crippen molar-refractivity contribution in [3.63, 3.8) is 0 Å². The van der Waals surface area contributed by atoms with Crippen LogP contribution in [0.15, 0.2) is 48.8 Å². The molecule has 0 bridgehead atoms. The highest BCUT2D eigenvalue weighted by molar-refractivity contribution is 5.97. The van der Waals surface area contributed by atoms with Gasteiger partial charge in [0.25, 0.3) is 5.91 Å². The molecule has 7 heteroatoms. The van der Waals surface area contributed by atoms with Crippen LogP contribution in [0.4, 0.5) is 0 Å². The summed E-state index contributed by atoms with van der Waals surface area (Å²) in [6.07, 6.45) is 3.48. The number of nitrogens with zero attached hydrogens (tertiary/aromatic N) is 1. The lowest BCUT2D eigenvalue weighted by molar-refractivity contribution is -0.121. The van der Waals surface area contributed by atoms with E-state index in [-0.39, 0.29) is 23.8 Å². The highest BCUT2D eigenvalue weighted by Gasteiger charge is 2.14. The predicted octanol–water partition coefficient (Wildman–Crippen LogP) is 1.97. The molecule has 0 aliphatic carbocycles. The van der Waals surface area contributed by atoms with Gasteiger partial charge in [0.2, 0.25) is 11.8 Å². The van der Waals surface area contributed by atoms with E-state index in [1.165, 1.54) is 6.20 Å². The maximum absolute atomic E-state index is 12.2. The fourth-order valence-corrected chi connectivity index (χ4v) is 2.50. The summed E-state index contributed by atoms with van der Waals surface area (Å²) >= 11 is 0. The largest absolute Gasteiger partial charge is 0.477 e. The van der Waals surface area contributed by atoms with E-state index in [0.717, 1.165) is 16.5 Å². The first kappa shape index (κ1) is 16.5. The van der Waals surface area contributed by atoms with E-state index in [4.69, 9.17) is 4.74 Å². The average molecular weight is 338 g/mol. The second kappa shape index (κ2) is 7.48. The van der Waals surface area contributed by atoms with E-state index in [1.54, 1.807) is 25.3 Å². The Morgan fingerprint density at radius 2 is 2.00 bits per heavy atom. The molecule has 0 fully saturated rings. The van der Waals surface area contributed by atoms with Crippen molar-refractivity contribution < 1.29 is 14.3 Å². The van der Waals surface area contributed by atoms with Crippen molar-refractivity contribution in [1.82, 2.24) is 20.8 Å². The third-order valence-electron chi connectivity index (χ3n) is 3.64. The third-order valence-corrected chi connectivity index (χ3v) is 3.64. The zero-order valence-electron chi connectivity index (χ0n) is 13.7. The minimum Gasteiger partial charge on any atom is -0.477 e. The number of nitrogens with one attached hydrogen (secondary N) is 3. The van der Waals surface area contributed by atoms with Crippen LogP contribution < -0.4 is 15.6 Å². The van der Waals surface area contributed by atoms with Crippen LogP contribution in [0.3, 0.4) is 0 Å². The molecule has 3 rings (SSSR count). The molecular weight excluding hydrogens is 320 g/mol. The molecule has 0 radical (unpaired) electrons. The van der Waals surface area contributed by atoms with Crippen LogP contribution in [0.2, 0.25) is 0 Å². The van der Waals surface area contributed by atoms with Crippen LogP contribution in [0.25, 0.3) is 10.9 Å². The Morgan fingerprint density at radius 1 is 1.16 bits per heavy atom. The molecule has 0 atom stereocenters. The second-order valence-corrected chi connectivity index (χ2v) is 5.33. The second-order valence-electron chi connectivity index (χ2n) is 5.33. The summed E-state index contributed by atoms with van der Waals surface area (Å²) in [5.41, 5.74) is 6.89. The molecule has 25 heavy (non-hydrogen) atoms. The minimum atomic E-state index is -0.483. The Kier molecular flexibility index (Phi) is 4.94. The van der Waals surface area contributed by atoms with E-state index in [2.05, 4.69) is 20.8 Å². The molecule has 7 nitrogen and oxygen atoms in total. The van der Waals surface area contributed by atoms with Gasteiger partial charge in [-0.2, -0.15) is 0 Å². The Bertz CT molecular complexity index is 904. The molecule has 0 saturated carbocycles. The molecule has 0 aliphatic heterocycles. The summed E-state index contributed by atoms with van der Waals surface area (Å²) in [5, 5.41) is 0.981. The average Bonchev–Trinajstić information content (AvgIpc) is 3.03. The topological polar surface area (TPSA) is 96.1 Å². The Morgan fingerprint density at radius 3 is 2.84 bits per heavy atom. The lowest BCUT2D eigenvalue weighted by atomic mass is 10.1. The summed E-state index contributed by atoms with van der Waals surface area (Å²) in [6.45, 7) is 2.20. The van der Waals surface area contributed by atoms with Crippen molar-refractivity contribution in [2.24, 2.45) is 0 Å². The number of hydrazine groups is 1. The van der Waals surface area contributed by atoms with Gasteiger partial charge in [-0.3, -0.25) is 20.4 Å². The van der Waals surface area contributed by atoms with Gasteiger partial charge in [0.05, 0.1) is 13.0 Å². The van der Waals surface area contributed by atoms with Gasteiger partial charge in [-0.1, -0.05) is 18.2 Å². The van der Waals surface area contributed by atoms with Crippen molar-refractivity contribution in [3.8, 4) is 5.88 Å². The number of fused-ring (bicyclic) bond motifs is 1. The van der Waals surface area contributed by atoms with Gasteiger partial charge in [0.15, 0.2) is 0 Å². The number of ether oxygens (including phenoxy) is 1. The lowest BCUT2D eigenvalue weighted by Crippen LogP contribution is -2.42. The predicted molar refractivity (Wildman–Crippen MR) is 93.0 cm³/mol. The molecule has 0 saturated heterocycles. The van der Waals surface area contributed by atoms with Crippen molar-refractivity contribution in [3.05, 3.63) is 59.9 Å². The number of pyridine rings is 1. The van der Waals surface area contributed by atoms with E-state index in [0.29, 0.717) is 6.61 Å². The SMILES string of the molecule is CCOc1ncccc1C(=O)NNC(=O)Cc1c[nH]c2ccccc12. The molecule has 3 N–H and O–H groups in total. The summed E-state index contributed by atoms with van der Waals surface area (Å²) in [4.78, 5) is 31.4. The van der Waals surface area contributed by atoms with Crippen LogP contribution in [-0.4, -0.2) is 28.4 Å². The normalized spacial score (nSPS) is 10.4. The number of para-hydroxylation sites is 1. The monoisotopic (exact) mass is 338 g/mol. The number of amides is 2. The van der Waals surface area contributed by atoms with E-state index in [9.17, 15) is 9.59 Å². The summed E-state index contributed by atoms with van der Waals surface area (Å²) in [6, 6.07) is 10.9. The molecule has 128 valence electrons. The molecule has 3 aromatic rings. The smallest absolute Gasteiger partial charge is 0.275 e. The van der Waals surface area contributed by atoms with E-state index in [1.807, 2.05) is 24.3 Å². The molecule has 2 heterocycles. The standard InChI is InChI=1S/C18H18N4O3/c1-2-25-18-14(7-5-9-19-18)17(24)22-21-16(23)10-12-11-20-15-8-4-3-6-13(12)15/h3-9,11,20H,2,10H2,1H3,(H,21,23)(H,22,24). The van der Waals surface area contributed by atoms with E-state index < -0.39 is 5.91 Å². The first-order valence-corrected chi connectivity index (χ1v) is 7.91. The van der Waals surface area contributed by atoms with Gasteiger partial charge in [0.1, 0.15) is 5.56 Å². The van der Waals surface area contributed by atoms with Gasteiger partial charge < -0.3 is 9.72 Å². The number of hydrogen-bond donors (Lipinski definition) is 3. The van der Waals surface area contributed by atoms with Crippen LogP contribution >= 0.6 is 0 Å². The fourth-order valence-electron chi connectivity index (χ4n) is 2.50. The van der Waals surface area contributed by atoms with Gasteiger partial charge >= 0.3 is 0 Å². The van der Waals surface area contributed by atoms with Gasteiger partial charge in [0, 0.05) is 23.3 Å². The highest BCUT2D eigenvalue weighted by Crippen LogP contribution is 2.18. The van der Waals surface area contributed by atoms with Crippen LogP contribution in [0.5, 0.6) is 5.88 Å². The van der Waals surface area contributed by atoms with Crippen molar-refractivity contribution in [2.45, 2.75) is 13.3 Å². The Hall–Kier alpha value is -3.35. The highest BCUT2D eigenvalue weighted by atomic mass is 16.5. The summed E-state index contributed by atoms with van der Waals surface area (Å²) < 4.78 is 5.31. The number of carbonyl (C=O) groups is 2. The first-order chi connectivity index (χ1) is 12.2. The van der Waals surface area contributed by atoms with Crippen LogP contribution in [-0.2, 0) is 11.2 Å². The molecule has 2 aromatic heterocycles. The number of rotatable bonds is 5. The molecule has 0 aliphatic rings. The lowest BCUT2D eigenvalue weighted by Gasteiger charge is -2.10. The van der Waals surface area contributed by atoms with Crippen molar-refractivity contribution in [2.75, 3.05) is 6.61 Å². The van der Waals surface area contributed by atoms with Crippen molar-refractivity contribution in [1.29, 1.82) is 0 Å². The van der Waals surface area contributed by atoms with E-state index >= 15 is 0 Å². The summed E-state index contributed by atoms with van der Waals surface area (Å²) in [7, 11) is 0. The number of carbonyl (C=O) groups excluding carboxylic acids is 2. The minimum absolute atomic E-state index is 0.148. The number of H-pyrrole nitrogens is 1. The quantitative estimate of drug-likeness (QED) is 0.620. The number of aromatic amines is 1. The maximum atomic E-state index is 12.2. The fraction of sp³-hybridized carbons (Fsp3) is 0.167. The third kappa shape index (κ3) is 3.77. The Labute approximate surface area is 144 Å². The molecule has 0 spiro atoms. The Balaban J connectivity index is 1.62. The first-order valence-electron chi connectivity index (χ1n) is 7.91. The van der Waals surface area contributed by atoms with Crippen LogP contribution in [0, 0.1) is 0 Å². The van der Waals surface area contributed by atoms with Gasteiger partial charge in [-0.25, -0.2) is 4.98 Å². The summed E-state index contributed by atoms with van der Waals surface area (Å²) in [5.74, 6) is -0.572. The van der Waals surface area contributed by atoms with Crippen molar-refractivity contribution >= 4 is 22.7 Å². The van der Waals surface area contributed by atoms with Crippen LogP contribution in [0.1, 0.15) is 22.8 Å². The van der Waals surface area contributed by atoms with Gasteiger partial charge in [-0.05, 0) is 30.7 Å². The number of aromatic nitrogens is 2.